The fourth-order valence-corrected chi connectivity index (χ4v) is 1.12. The quantitative estimate of drug-likeness (QED) is 0.522. The van der Waals surface area contributed by atoms with Crippen molar-refractivity contribution in [1.82, 2.24) is 0 Å². The standard InChI is InChI=1S/C8H10O3/c1-5-3-6(4-7(5)9)8(10)11-2/h3,6H,4H2,1-2H3. The molecule has 1 aliphatic rings. The van der Waals surface area contributed by atoms with Gasteiger partial charge in [-0.1, -0.05) is 6.08 Å². The fourth-order valence-electron chi connectivity index (χ4n) is 1.12. The summed E-state index contributed by atoms with van der Waals surface area (Å²) >= 11 is 0. The molecule has 1 rings (SSSR count). The molecule has 1 aliphatic carbocycles. The van der Waals surface area contributed by atoms with Gasteiger partial charge in [0.15, 0.2) is 5.78 Å². The van der Waals surface area contributed by atoms with Gasteiger partial charge in [-0.2, -0.15) is 0 Å². The SMILES string of the molecule is COC(=O)C1C=C(C)C(=O)C1. The molecule has 3 heteroatoms. The van der Waals surface area contributed by atoms with Crippen LogP contribution in [0.1, 0.15) is 13.3 Å². The first-order valence-electron chi connectivity index (χ1n) is 3.44. The lowest BCUT2D eigenvalue weighted by Gasteiger charge is -2.01. The third kappa shape index (κ3) is 1.48. The van der Waals surface area contributed by atoms with E-state index in [2.05, 4.69) is 4.74 Å². The Bertz CT molecular complexity index is 227. The van der Waals surface area contributed by atoms with Gasteiger partial charge < -0.3 is 4.74 Å². The number of Topliss-reactive ketones (excluding diaryl/α,β-unsaturated/α-hetero) is 1. The lowest BCUT2D eigenvalue weighted by molar-refractivity contribution is -0.144. The highest BCUT2D eigenvalue weighted by Crippen LogP contribution is 2.20. The van der Waals surface area contributed by atoms with Gasteiger partial charge in [-0.3, -0.25) is 9.59 Å². The van der Waals surface area contributed by atoms with Crippen molar-refractivity contribution < 1.29 is 14.3 Å². The van der Waals surface area contributed by atoms with Crippen LogP contribution < -0.4 is 0 Å². The van der Waals surface area contributed by atoms with Gasteiger partial charge in [-0.15, -0.1) is 0 Å². The van der Waals surface area contributed by atoms with Crippen LogP contribution in [0.2, 0.25) is 0 Å². The lowest BCUT2D eigenvalue weighted by atomic mass is 10.1. The number of ketones is 1. The second-order valence-electron chi connectivity index (χ2n) is 2.61. The second kappa shape index (κ2) is 2.86. The molecule has 0 amide bonds. The fraction of sp³-hybridized carbons (Fsp3) is 0.500. The summed E-state index contributed by atoms with van der Waals surface area (Å²) in [5, 5.41) is 0. The van der Waals surface area contributed by atoms with E-state index in [1.807, 2.05) is 0 Å². The third-order valence-electron chi connectivity index (χ3n) is 1.80. The number of hydrogen-bond donors (Lipinski definition) is 0. The van der Waals surface area contributed by atoms with Crippen LogP contribution >= 0.6 is 0 Å². The predicted octanol–water partition coefficient (Wildman–Crippen LogP) is 0.695. The van der Waals surface area contributed by atoms with Crippen molar-refractivity contribution in [3.05, 3.63) is 11.6 Å². The Kier molecular flexibility index (Phi) is 2.08. The van der Waals surface area contributed by atoms with Crippen molar-refractivity contribution in [1.29, 1.82) is 0 Å². The monoisotopic (exact) mass is 154 g/mol. The minimum atomic E-state index is -0.340. The van der Waals surface area contributed by atoms with E-state index in [4.69, 9.17) is 0 Å². The number of allylic oxidation sites excluding steroid dienone is 1. The molecule has 0 aromatic rings. The van der Waals surface area contributed by atoms with Crippen LogP contribution in [-0.2, 0) is 14.3 Å². The zero-order chi connectivity index (χ0) is 8.43. The zero-order valence-corrected chi connectivity index (χ0v) is 6.59. The van der Waals surface area contributed by atoms with Crippen LogP contribution in [0, 0.1) is 5.92 Å². The predicted molar refractivity (Wildman–Crippen MR) is 38.9 cm³/mol. The number of rotatable bonds is 1. The number of methoxy groups -OCH3 is 1. The molecule has 0 aromatic carbocycles. The summed E-state index contributed by atoms with van der Waals surface area (Å²) in [7, 11) is 1.33. The van der Waals surface area contributed by atoms with Gasteiger partial charge in [0.2, 0.25) is 0 Å². The molecule has 0 saturated carbocycles. The molecule has 0 bridgehead atoms. The Morgan fingerprint density at radius 2 is 2.36 bits per heavy atom. The van der Waals surface area contributed by atoms with E-state index in [1.165, 1.54) is 7.11 Å². The van der Waals surface area contributed by atoms with Gasteiger partial charge >= 0.3 is 5.97 Å². The smallest absolute Gasteiger partial charge is 0.312 e. The average Bonchev–Trinajstić information content (AvgIpc) is 2.31. The summed E-state index contributed by atoms with van der Waals surface area (Å²) in [5.74, 6) is -0.622. The second-order valence-corrected chi connectivity index (χ2v) is 2.61. The summed E-state index contributed by atoms with van der Waals surface area (Å²) < 4.78 is 4.50. The number of esters is 1. The molecule has 11 heavy (non-hydrogen) atoms. The first kappa shape index (κ1) is 7.98. The Labute approximate surface area is 65.0 Å². The van der Waals surface area contributed by atoms with Crippen molar-refractivity contribution in [3.8, 4) is 0 Å². The van der Waals surface area contributed by atoms with E-state index < -0.39 is 0 Å². The van der Waals surface area contributed by atoms with E-state index in [1.54, 1.807) is 13.0 Å². The van der Waals surface area contributed by atoms with E-state index in [0.29, 0.717) is 5.57 Å². The molecule has 3 nitrogen and oxygen atoms in total. The highest BCUT2D eigenvalue weighted by Gasteiger charge is 2.27. The molecule has 0 aromatic heterocycles. The van der Waals surface area contributed by atoms with Crippen LogP contribution in [0.4, 0.5) is 0 Å². The van der Waals surface area contributed by atoms with E-state index in [0.717, 1.165) is 0 Å². The van der Waals surface area contributed by atoms with Crippen molar-refractivity contribution in [2.45, 2.75) is 13.3 Å². The van der Waals surface area contributed by atoms with Crippen LogP contribution in [0.25, 0.3) is 0 Å². The Morgan fingerprint density at radius 1 is 1.73 bits per heavy atom. The van der Waals surface area contributed by atoms with Crippen molar-refractivity contribution in [2.75, 3.05) is 7.11 Å². The zero-order valence-electron chi connectivity index (χ0n) is 6.59. The van der Waals surface area contributed by atoms with Gasteiger partial charge in [-0.05, 0) is 12.5 Å². The molecule has 60 valence electrons. The Hall–Kier alpha value is -1.12. The maximum absolute atomic E-state index is 10.9. The highest BCUT2D eigenvalue weighted by molar-refractivity contribution is 6.01. The maximum Gasteiger partial charge on any atom is 0.312 e. The normalized spacial score (nSPS) is 23.3. The van der Waals surface area contributed by atoms with Gasteiger partial charge in [0.1, 0.15) is 0 Å². The lowest BCUT2D eigenvalue weighted by Crippen LogP contribution is -2.12. The number of hydrogen-bond acceptors (Lipinski definition) is 3. The first-order chi connectivity index (χ1) is 5.15. The number of carbonyl (C=O) groups is 2. The van der Waals surface area contributed by atoms with Gasteiger partial charge in [0, 0.05) is 6.42 Å². The van der Waals surface area contributed by atoms with Gasteiger partial charge in [-0.25, -0.2) is 0 Å². The topological polar surface area (TPSA) is 43.4 Å². The van der Waals surface area contributed by atoms with Gasteiger partial charge in [0.05, 0.1) is 13.0 Å². The summed E-state index contributed by atoms with van der Waals surface area (Å²) in [6, 6.07) is 0. The summed E-state index contributed by atoms with van der Waals surface area (Å²) in [6.45, 7) is 1.71. The van der Waals surface area contributed by atoms with Crippen LogP contribution in [-0.4, -0.2) is 18.9 Å². The molecule has 1 unspecified atom stereocenters. The summed E-state index contributed by atoms with van der Waals surface area (Å²) in [6.07, 6.45) is 1.94. The minimum Gasteiger partial charge on any atom is -0.469 e. The number of ether oxygens (including phenoxy) is 1. The van der Waals surface area contributed by atoms with E-state index in [-0.39, 0.29) is 24.1 Å². The third-order valence-corrected chi connectivity index (χ3v) is 1.80. The van der Waals surface area contributed by atoms with Crippen LogP contribution in [0.5, 0.6) is 0 Å². The van der Waals surface area contributed by atoms with Crippen molar-refractivity contribution >= 4 is 11.8 Å². The molecule has 0 fully saturated rings. The number of carbonyl (C=O) groups excluding carboxylic acids is 2. The molecule has 0 radical (unpaired) electrons. The molecular formula is C8H10O3. The molecule has 0 spiro atoms. The largest absolute Gasteiger partial charge is 0.469 e. The average molecular weight is 154 g/mol. The molecule has 0 N–H and O–H groups in total. The van der Waals surface area contributed by atoms with Gasteiger partial charge in [0.25, 0.3) is 0 Å². The summed E-state index contributed by atoms with van der Waals surface area (Å²) in [5.41, 5.74) is 0.667. The molecule has 0 aliphatic heterocycles. The molecule has 0 saturated heterocycles. The van der Waals surface area contributed by atoms with E-state index >= 15 is 0 Å². The molecule has 0 heterocycles. The van der Waals surface area contributed by atoms with Crippen molar-refractivity contribution in [3.63, 3.8) is 0 Å². The maximum atomic E-state index is 10.9. The van der Waals surface area contributed by atoms with Crippen molar-refractivity contribution in [2.24, 2.45) is 5.92 Å². The van der Waals surface area contributed by atoms with E-state index in [9.17, 15) is 9.59 Å². The van der Waals surface area contributed by atoms with Crippen LogP contribution in [0.3, 0.4) is 0 Å². The first-order valence-corrected chi connectivity index (χ1v) is 3.44. The summed E-state index contributed by atoms with van der Waals surface area (Å²) in [4.78, 5) is 21.8. The highest BCUT2D eigenvalue weighted by atomic mass is 16.5. The Morgan fingerprint density at radius 3 is 2.73 bits per heavy atom. The minimum absolute atomic E-state index is 0.0420. The molecule has 1 atom stereocenters. The Balaban J connectivity index is 2.68. The van der Waals surface area contributed by atoms with Crippen LogP contribution in [0.15, 0.2) is 11.6 Å². The molecular weight excluding hydrogens is 144 g/mol.